The van der Waals surface area contributed by atoms with Crippen molar-refractivity contribution in [3.8, 4) is 17.6 Å². The van der Waals surface area contributed by atoms with Crippen molar-refractivity contribution in [3.05, 3.63) is 58.6 Å². The molecule has 0 spiro atoms. The Morgan fingerprint density at radius 3 is 2.53 bits per heavy atom. The third kappa shape index (κ3) is 1.58. The topological polar surface area (TPSA) is 81.8 Å². The fraction of sp³-hybridized carbons (Fsp3) is 0. The van der Waals surface area contributed by atoms with Crippen LogP contribution in [0.5, 0.6) is 5.88 Å². The summed E-state index contributed by atoms with van der Waals surface area (Å²) in [5, 5.41) is 20.3. The SMILES string of the molecule is N#Cc1ccc(-n2c(O)c[nH]c2=O)c2ccccc12. The summed E-state index contributed by atoms with van der Waals surface area (Å²) in [6.07, 6.45) is 1.23. The zero-order valence-corrected chi connectivity index (χ0v) is 9.79. The number of nitrogens with zero attached hydrogens (tertiary/aromatic N) is 2. The summed E-state index contributed by atoms with van der Waals surface area (Å²) in [6, 6.07) is 12.7. The number of hydrogen-bond donors (Lipinski definition) is 2. The second-order valence-corrected chi connectivity index (χ2v) is 4.08. The van der Waals surface area contributed by atoms with Crippen LogP contribution >= 0.6 is 0 Å². The zero-order chi connectivity index (χ0) is 13.4. The first-order valence-corrected chi connectivity index (χ1v) is 5.64. The number of fused-ring (bicyclic) bond motifs is 1. The Morgan fingerprint density at radius 1 is 1.16 bits per heavy atom. The van der Waals surface area contributed by atoms with Crippen LogP contribution in [0.1, 0.15) is 5.56 Å². The molecule has 0 aliphatic carbocycles. The molecule has 3 rings (SSSR count). The number of nitriles is 1. The number of benzene rings is 2. The molecule has 5 heteroatoms. The summed E-state index contributed by atoms with van der Waals surface area (Å²) < 4.78 is 1.17. The van der Waals surface area contributed by atoms with Crippen molar-refractivity contribution < 1.29 is 5.11 Å². The monoisotopic (exact) mass is 251 g/mol. The van der Waals surface area contributed by atoms with Gasteiger partial charge in [-0.1, -0.05) is 24.3 Å². The number of aromatic amines is 1. The molecule has 0 atom stereocenters. The minimum atomic E-state index is -0.424. The maximum atomic E-state index is 11.7. The van der Waals surface area contributed by atoms with Gasteiger partial charge in [-0.3, -0.25) is 0 Å². The van der Waals surface area contributed by atoms with Gasteiger partial charge in [-0.25, -0.2) is 9.36 Å². The highest BCUT2D eigenvalue weighted by Gasteiger charge is 2.12. The van der Waals surface area contributed by atoms with E-state index >= 15 is 0 Å². The Kier molecular flexibility index (Phi) is 2.36. The van der Waals surface area contributed by atoms with E-state index in [4.69, 9.17) is 5.26 Å². The van der Waals surface area contributed by atoms with E-state index < -0.39 is 5.69 Å². The first-order chi connectivity index (χ1) is 9.22. The molecular formula is C14H9N3O2. The number of rotatable bonds is 1. The van der Waals surface area contributed by atoms with Crippen LogP contribution in [-0.4, -0.2) is 14.7 Å². The molecule has 0 saturated carbocycles. The first-order valence-electron chi connectivity index (χ1n) is 5.64. The molecule has 2 aromatic carbocycles. The third-order valence-corrected chi connectivity index (χ3v) is 3.02. The molecule has 0 aliphatic rings. The maximum absolute atomic E-state index is 11.7. The van der Waals surface area contributed by atoms with Crippen molar-refractivity contribution >= 4 is 10.8 Å². The van der Waals surface area contributed by atoms with Crippen molar-refractivity contribution in [3.63, 3.8) is 0 Å². The van der Waals surface area contributed by atoms with E-state index in [-0.39, 0.29) is 5.88 Å². The summed E-state index contributed by atoms with van der Waals surface area (Å²) in [4.78, 5) is 14.1. The summed E-state index contributed by atoms with van der Waals surface area (Å²) >= 11 is 0. The quantitative estimate of drug-likeness (QED) is 0.693. The third-order valence-electron chi connectivity index (χ3n) is 3.02. The molecule has 2 N–H and O–H groups in total. The molecule has 0 amide bonds. The second-order valence-electron chi connectivity index (χ2n) is 4.08. The average Bonchev–Trinajstić information content (AvgIpc) is 2.77. The highest BCUT2D eigenvalue weighted by Crippen LogP contribution is 2.26. The first kappa shape index (κ1) is 11.1. The van der Waals surface area contributed by atoms with Gasteiger partial charge in [0.1, 0.15) is 0 Å². The van der Waals surface area contributed by atoms with E-state index in [0.29, 0.717) is 11.3 Å². The summed E-state index contributed by atoms with van der Waals surface area (Å²) in [5.74, 6) is -0.167. The molecule has 3 aromatic rings. The Labute approximate surface area is 108 Å². The van der Waals surface area contributed by atoms with Crippen LogP contribution in [0.3, 0.4) is 0 Å². The molecule has 1 heterocycles. The second kappa shape index (κ2) is 4.03. The lowest BCUT2D eigenvalue weighted by atomic mass is 10.0. The van der Waals surface area contributed by atoms with E-state index in [9.17, 15) is 9.90 Å². The number of aromatic hydroxyl groups is 1. The molecule has 0 aliphatic heterocycles. The normalized spacial score (nSPS) is 10.5. The standard InChI is InChI=1S/C14H9N3O2/c15-7-9-5-6-12(11-4-2-1-3-10(9)11)17-13(18)8-16-14(17)19/h1-6,8,18H,(H,16,19). The van der Waals surface area contributed by atoms with Crippen molar-refractivity contribution in [2.24, 2.45) is 0 Å². The predicted molar refractivity (Wildman–Crippen MR) is 70.3 cm³/mol. The minimum Gasteiger partial charge on any atom is -0.493 e. The van der Waals surface area contributed by atoms with E-state index in [0.717, 1.165) is 10.8 Å². The molecule has 92 valence electrons. The maximum Gasteiger partial charge on any atom is 0.333 e. The molecule has 0 unspecified atom stereocenters. The van der Waals surface area contributed by atoms with Crippen molar-refractivity contribution in [1.82, 2.24) is 9.55 Å². The van der Waals surface area contributed by atoms with Crippen LogP contribution in [-0.2, 0) is 0 Å². The van der Waals surface area contributed by atoms with Crippen molar-refractivity contribution in [2.45, 2.75) is 0 Å². The summed E-state index contributed by atoms with van der Waals surface area (Å²) in [7, 11) is 0. The molecule has 19 heavy (non-hydrogen) atoms. The summed E-state index contributed by atoms with van der Waals surface area (Å²) in [5.41, 5.74) is 0.646. The highest BCUT2D eigenvalue weighted by atomic mass is 16.3. The van der Waals surface area contributed by atoms with Gasteiger partial charge in [0.15, 0.2) is 0 Å². The Morgan fingerprint density at radius 2 is 1.89 bits per heavy atom. The van der Waals surface area contributed by atoms with Crippen LogP contribution in [0.15, 0.2) is 47.4 Å². The Balaban J connectivity index is 2.45. The smallest absolute Gasteiger partial charge is 0.333 e. The molecule has 0 radical (unpaired) electrons. The van der Waals surface area contributed by atoms with Gasteiger partial charge in [-0.15, -0.1) is 0 Å². The Hall–Kier alpha value is -3.00. The minimum absolute atomic E-state index is 0.167. The lowest BCUT2D eigenvalue weighted by Gasteiger charge is -2.08. The van der Waals surface area contributed by atoms with Gasteiger partial charge in [0.2, 0.25) is 5.88 Å². The van der Waals surface area contributed by atoms with E-state index in [1.807, 2.05) is 24.3 Å². The molecule has 0 bridgehead atoms. The molecule has 0 fully saturated rings. The van der Waals surface area contributed by atoms with Gasteiger partial charge < -0.3 is 10.1 Å². The fourth-order valence-electron chi connectivity index (χ4n) is 2.17. The molecule has 5 nitrogen and oxygen atoms in total. The Bertz CT molecular complexity index is 868. The largest absolute Gasteiger partial charge is 0.493 e. The molecule has 0 saturated heterocycles. The number of aromatic nitrogens is 2. The molecular weight excluding hydrogens is 242 g/mol. The van der Waals surface area contributed by atoms with Gasteiger partial charge in [-0.05, 0) is 12.1 Å². The van der Waals surface area contributed by atoms with E-state index in [2.05, 4.69) is 11.1 Å². The summed E-state index contributed by atoms with van der Waals surface area (Å²) in [6.45, 7) is 0. The van der Waals surface area contributed by atoms with Gasteiger partial charge in [0.05, 0.1) is 23.5 Å². The van der Waals surface area contributed by atoms with Crippen LogP contribution in [0.25, 0.3) is 16.5 Å². The van der Waals surface area contributed by atoms with Gasteiger partial charge in [0, 0.05) is 10.8 Å². The number of imidazole rings is 1. The highest BCUT2D eigenvalue weighted by molar-refractivity contribution is 5.94. The van der Waals surface area contributed by atoms with Crippen LogP contribution in [0.4, 0.5) is 0 Å². The number of H-pyrrole nitrogens is 1. The van der Waals surface area contributed by atoms with Crippen LogP contribution in [0.2, 0.25) is 0 Å². The number of hydrogen-bond acceptors (Lipinski definition) is 3. The lowest BCUT2D eigenvalue weighted by molar-refractivity contribution is 0.441. The fourth-order valence-corrected chi connectivity index (χ4v) is 2.17. The van der Waals surface area contributed by atoms with Crippen LogP contribution < -0.4 is 5.69 Å². The van der Waals surface area contributed by atoms with Crippen molar-refractivity contribution in [1.29, 1.82) is 5.26 Å². The van der Waals surface area contributed by atoms with Gasteiger partial charge >= 0.3 is 5.69 Å². The van der Waals surface area contributed by atoms with Crippen LogP contribution in [0, 0.1) is 11.3 Å². The van der Waals surface area contributed by atoms with E-state index in [1.54, 1.807) is 12.1 Å². The van der Waals surface area contributed by atoms with Gasteiger partial charge in [-0.2, -0.15) is 5.26 Å². The average molecular weight is 251 g/mol. The predicted octanol–water partition coefficient (Wildman–Crippen LogP) is 1.90. The van der Waals surface area contributed by atoms with E-state index in [1.165, 1.54) is 10.8 Å². The van der Waals surface area contributed by atoms with Gasteiger partial charge in [0.25, 0.3) is 0 Å². The zero-order valence-electron chi connectivity index (χ0n) is 9.79. The molecule has 1 aromatic heterocycles. The number of nitrogens with one attached hydrogen (secondary N) is 1. The van der Waals surface area contributed by atoms with Crippen molar-refractivity contribution in [2.75, 3.05) is 0 Å². The lowest BCUT2D eigenvalue weighted by Crippen LogP contribution is -2.14.